The molecule has 2 aromatic heterocycles. The number of amides is 2. The van der Waals surface area contributed by atoms with Gasteiger partial charge < -0.3 is 9.73 Å². The Hall–Kier alpha value is -3.74. The predicted octanol–water partition coefficient (Wildman–Crippen LogP) is 3.62. The summed E-state index contributed by atoms with van der Waals surface area (Å²) >= 11 is 0. The van der Waals surface area contributed by atoms with E-state index in [4.69, 9.17) is 4.42 Å². The van der Waals surface area contributed by atoms with Gasteiger partial charge in [0.2, 0.25) is 5.91 Å². The topological polar surface area (TPSA) is 87.8 Å². The number of benzene rings is 1. The maximum Gasteiger partial charge on any atom is 0.310 e. The lowest BCUT2D eigenvalue weighted by atomic mass is 9.98. The van der Waals surface area contributed by atoms with Crippen LogP contribution >= 0.6 is 0 Å². The lowest BCUT2D eigenvalue weighted by molar-refractivity contribution is -0.114. The van der Waals surface area contributed by atoms with Crippen molar-refractivity contribution in [3.05, 3.63) is 84.1 Å². The molecule has 7 heteroatoms. The van der Waals surface area contributed by atoms with Crippen LogP contribution in [-0.2, 0) is 4.79 Å². The molecule has 0 unspecified atom stereocenters. The Morgan fingerprint density at radius 3 is 2.50 bits per heavy atom. The predicted molar refractivity (Wildman–Crippen MR) is 104 cm³/mol. The van der Waals surface area contributed by atoms with Crippen molar-refractivity contribution < 1.29 is 14.0 Å². The number of aromatic nitrogens is 1. The smallest absolute Gasteiger partial charge is 0.310 e. The van der Waals surface area contributed by atoms with E-state index in [1.165, 1.54) is 18.2 Å². The number of anilines is 1. The van der Waals surface area contributed by atoms with Crippen molar-refractivity contribution >= 4 is 23.2 Å². The molecule has 4 rings (SSSR count). The van der Waals surface area contributed by atoms with Crippen LogP contribution in [0.3, 0.4) is 0 Å². The second kappa shape index (κ2) is 7.48. The number of hydrogen-bond donors (Lipinski definition) is 1. The molecular weight excluding hydrogens is 356 g/mol. The summed E-state index contributed by atoms with van der Waals surface area (Å²) < 4.78 is 5.28. The van der Waals surface area contributed by atoms with Crippen molar-refractivity contribution in [3.63, 3.8) is 0 Å². The van der Waals surface area contributed by atoms with E-state index < -0.39 is 0 Å². The van der Waals surface area contributed by atoms with Gasteiger partial charge in [0.1, 0.15) is 0 Å². The number of nitrogens with zero attached hydrogens (tertiary/aromatic N) is 3. The van der Waals surface area contributed by atoms with Crippen molar-refractivity contribution in [1.29, 1.82) is 0 Å². The molecule has 1 aliphatic heterocycles. The van der Waals surface area contributed by atoms with Crippen LogP contribution in [0, 0.1) is 0 Å². The van der Waals surface area contributed by atoms with Gasteiger partial charge in [-0.2, -0.15) is 5.10 Å². The average molecular weight is 374 g/mol. The minimum absolute atomic E-state index is 0.133. The van der Waals surface area contributed by atoms with Gasteiger partial charge in [0.05, 0.1) is 18.0 Å². The Morgan fingerprint density at radius 1 is 1.11 bits per heavy atom. The number of hydrogen-bond acceptors (Lipinski definition) is 5. The Labute approximate surface area is 161 Å². The summed E-state index contributed by atoms with van der Waals surface area (Å²) in [5.74, 6) is -0.198. The number of furan rings is 1. The van der Waals surface area contributed by atoms with E-state index in [1.807, 2.05) is 36.4 Å². The van der Waals surface area contributed by atoms with Crippen molar-refractivity contribution in [2.75, 3.05) is 5.32 Å². The molecule has 1 N–H and O–H groups in total. The third kappa shape index (κ3) is 3.55. The third-order valence-electron chi connectivity index (χ3n) is 4.48. The lowest BCUT2D eigenvalue weighted by Gasteiger charge is -2.21. The van der Waals surface area contributed by atoms with E-state index >= 15 is 0 Å². The first kappa shape index (κ1) is 17.7. The molecule has 1 atom stereocenters. The maximum atomic E-state index is 12.9. The molecule has 0 aliphatic carbocycles. The number of carbonyl (C=O) groups is 2. The summed E-state index contributed by atoms with van der Waals surface area (Å²) in [6.45, 7) is 1.46. The van der Waals surface area contributed by atoms with E-state index in [2.05, 4.69) is 15.4 Å². The molecule has 140 valence electrons. The molecule has 0 radical (unpaired) electrons. The Kier molecular flexibility index (Phi) is 4.72. The van der Waals surface area contributed by atoms with E-state index in [0.29, 0.717) is 12.1 Å². The Bertz CT molecular complexity index is 1010. The van der Waals surface area contributed by atoms with Gasteiger partial charge in [0.25, 0.3) is 0 Å². The standard InChI is InChI=1S/C21H18N4O3/c1-14(26)23-17-6-4-16(5-7-17)19-13-18(15-8-10-22-11-9-15)24-25(19)21(27)20-3-2-12-28-20/h2-12,19H,13H2,1H3,(H,23,26)/t19-/m1/s1. The second-order valence-electron chi connectivity index (χ2n) is 6.43. The van der Waals surface area contributed by atoms with Crippen molar-refractivity contribution in [2.24, 2.45) is 5.10 Å². The van der Waals surface area contributed by atoms with Gasteiger partial charge in [0.15, 0.2) is 5.76 Å². The fraction of sp³-hybridized carbons (Fsp3) is 0.143. The van der Waals surface area contributed by atoms with Gasteiger partial charge in [-0.15, -0.1) is 0 Å². The summed E-state index contributed by atoms with van der Waals surface area (Å²) in [7, 11) is 0. The van der Waals surface area contributed by atoms with Crippen LogP contribution in [-0.4, -0.2) is 27.5 Å². The second-order valence-corrected chi connectivity index (χ2v) is 6.43. The zero-order chi connectivity index (χ0) is 19.5. The molecule has 1 aliphatic rings. The normalized spacial score (nSPS) is 16.0. The van der Waals surface area contributed by atoms with Gasteiger partial charge in [-0.25, -0.2) is 5.01 Å². The maximum absolute atomic E-state index is 12.9. The van der Waals surface area contributed by atoms with Gasteiger partial charge in [-0.1, -0.05) is 12.1 Å². The first-order valence-corrected chi connectivity index (χ1v) is 8.84. The molecule has 1 aromatic carbocycles. The monoisotopic (exact) mass is 374 g/mol. The van der Waals surface area contributed by atoms with Crippen LogP contribution in [0.2, 0.25) is 0 Å². The lowest BCUT2D eigenvalue weighted by Crippen LogP contribution is -2.26. The zero-order valence-corrected chi connectivity index (χ0v) is 15.2. The van der Waals surface area contributed by atoms with Crippen LogP contribution in [0.4, 0.5) is 5.69 Å². The molecule has 0 saturated carbocycles. The number of nitrogens with one attached hydrogen (secondary N) is 1. The van der Waals surface area contributed by atoms with Crippen LogP contribution in [0.15, 0.2) is 76.7 Å². The van der Waals surface area contributed by atoms with Gasteiger partial charge in [-0.3, -0.25) is 14.6 Å². The molecule has 0 saturated heterocycles. The highest BCUT2D eigenvalue weighted by Crippen LogP contribution is 2.34. The SMILES string of the molecule is CC(=O)Nc1ccc([C@H]2CC(c3ccncc3)=NN2C(=O)c2ccco2)cc1. The Morgan fingerprint density at radius 2 is 1.86 bits per heavy atom. The highest BCUT2D eigenvalue weighted by Gasteiger charge is 2.34. The molecular formula is C21H18N4O3. The van der Waals surface area contributed by atoms with Gasteiger partial charge in [-0.05, 0) is 42.0 Å². The van der Waals surface area contributed by atoms with Crippen molar-refractivity contribution in [2.45, 2.75) is 19.4 Å². The highest BCUT2D eigenvalue weighted by atomic mass is 16.3. The van der Waals surface area contributed by atoms with Gasteiger partial charge >= 0.3 is 5.91 Å². The van der Waals surface area contributed by atoms with Crippen LogP contribution in [0.1, 0.15) is 41.1 Å². The fourth-order valence-corrected chi connectivity index (χ4v) is 3.18. The molecule has 3 aromatic rings. The summed E-state index contributed by atoms with van der Waals surface area (Å²) in [6, 6.07) is 14.2. The van der Waals surface area contributed by atoms with E-state index in [0.717, 1.165) is 16.8 Å². The highest BCUT2D eigenvalue weighted by molar-refractivity contribution is 6.04. The van der Waals surface area contributed by atoms with Crippen LogP contribution in [0.25, 0.3) is 0 Å². The summed E-state index contributed by atoms with van der Waals surface area (Å²) in [5.41, 5.74) is 3.35. The average Bonchev–Trinajstić information content (AvgIpc) is 3.39. The summed E-state index contributed by atoms with van der Waals surface area (Å²) in [5, 5.41) is 8.79. The molecule has 2 amide bonds. The molecule has 0 spiro atoms. The summed E-state index contributed by atoms with van der Waals surface area (Å²) in [4.78, 5) is 28.2. The third-order valence-corrected chi connectivity index (χ3v) is 4.48. The number of carbonyl (C=O) groups excluding carboxylic acids is 2. The molecule has 3 heterocycles. The molecule has 28 heavy (non-hydrogen) atoms. The number of rotatable bonds is 4. The minimum atomic E-state index is -0.301. The molecule has 7 nitrogen and oxygen atoms in total. The van der Waals surface area contributed by atoms with Crippen LogP contribution < -0.4 is 5.32 Å². The van der Waals surface area contributed by atoms with Crippen LogP contribution in [0.5, 0.6) is 0 Å². The first-order chi connectivity index (χ1) is 13.6. The molecule has 0 bridgehead atoms. The minimum Gasteiger partial charge on any atom is -0.459 e. The van der Waals surface area contributed by atoms with E-state index in [9.17, 15) is 9.59 Å². The first-order valence-electron chi connectivity index (χ1n) is 8.84. The summed E-state index contributed by atoms with van der Waals surface area (Å²) in [6.07, 6.45) is 5.43. The zero-order valence-electron chi connectivity index (χ0n) is 15.2. The van der Waals surface area contributed by atoms with E-state index in [-0.39, 0.29) is 23.6 Å². The van der Waals surface area contributed by atoms with Crippen molar-refractivity contribution in [1.82, 2.24) is 9.99 Å². The van der Waals surface area contributed by atoms with Gasteiger partial charge in [0, 0.05) is 37.0 Å². The molecule has 0 fully saturated rings. The number of pyridine rings is 1. The largest absolute Gasteiger partial charge is 0.459 e. The van der Waals surface area contributed by atoms with Crippen molar-refractivity contribution in [3.8, 4) is 0 Å². The Balaban J connectivity index is 1.66. The fourth-order valence-electron chi connectivity index (χ4n) is 3.18. The number of hydrazone groups is 1. The quantitative estimate of drug-likeness (QED) is 0.755. The van der Waals surface area contributed by atoms with E-state index in [1.54, 1.807) is 24.5 Å².